The molecule has 0 bridgehead atoms. The molecule has 0 unspecified atom stereocenters. The monoisotopic (exact) mass is 296 g/mol. The zero-order chi connectivity index (χ0) is 12.3. The first-order valence-electron chi connectivity index (χ1n) is 6.08. The summed E-state index contributed by atoms with van der Waals surface area (Å²) in [4.78, 5) is 16.0. The number of hydrogen-bond donors (Lipinski definition) is 1. The molecule has 17 heavy (non-hydrogen) atoms. The van der Waals surface area contributed by atoms with Gasteiger partial charge in [0, 0.05) is 22.9 Å². The number of carbonyl (C=O) groups is 1. The molecular formula is C13H17BrN2O. The summed E-state index contributed by atoms with van der Waals surface area (Å²) in [6, 6.07) is 2.12. The molecule has 0 aromatic carbocycles. The van der Waals surface area contributed by atoms with Crippen LogP contribution in [0.5, 0.6) is 0 Å². The lowest BCUT2D eigenvalue weighted by molar-refractivity contribution is 0.0910. The largest absolute Gasteiger partial charge is 0.349 e. The fourth-order valence-corrected chi connectivity index (χ4v) is 2.68. The summed E-state index contributed by atoms with van der Waals surface area (Å²) in [5.74, 6) is 0.561. The molecule has 92 valence electrons. The second kappa shape index (κ2) is 5.63. The minimum absolute atomic E-state index is 0.0162. The molecule has 1 N–H and O–H groups in total. The summed E-state index contributed by atoms with van der Waals surface area (Å²) < 4.78 is 0.835. The van der Waals surface area contributed by atoms with Crippen LogP contribution in [0.25, 0.3) is 0 Å². The highest BCUT2D eigenvalue weighted by Gasteiger charge is 2.23. The van der Waals surface area contributed by atoms with Crippen LogP contribution >= 0.6 is 15.9 Å². The van der Waals surface area contributed by atoms with Crippen molar-refractivity contribution in [2.24, 2.45) is 5.92 Å². The Bertz CT molecular complexity index is 408. The van der Waals surface area contributed by atoms with E-state index in [-0.39, 0.29) is 5.91 Å². The predicted octanol–water partition coefficient (Wildman–Crippen LogP) is 3.15. The molecule has 1 heterocycles. The van der Waals surface area contributed by atoms with Crippen LogP contribution in [0.3, 0.4) is 0 Å². The highest BCUT2D eigenvalue weighted by molar-refractivity contribution is 9.10. The van der Waals surface area contributed by atoms with Crippen LogP contribution < -0.4 is 5.32 Å². The highest BCUT2D eigenvalue weighted by atomic mass is 79.9. The Labute approximate surface area is 110 Å². The molecule has 0 aliphatic heterocycles. The summed E-state index contributed by atoms with van der Waals surface area (Å²) in [5, 5.41) is 3.11. The van der Waals surface area contributed by atoms with Gasteiger partial charge in [0.2, 0.25) is 0 Å². The molecule has 1 saturated carbocycles. The molecule has 0 radical (unpaired) electrons. The van der Waals surface area contributed by atoms with Crippen LogP contribution in [-0.4, -0.2) is 16.9 Å². The smallest absolute Gasteiger partial charge is 0.253 e. The maximum absolute atomic E-state index is 12.0. The van der Waals surface area contributed by atoms with E-state index in [2.05, 4.69) is 33.2 Å². The van der Waals surface area contributed by atoms with Crippen LogP contribution in [-0.2, 0) is 0 Å². The van der Waals surface area contributed by atoms with Gasteiger partial charge in [0.15, 0.2) is 0 Å². The molecule has 2 rings (SSSR count). The molecule has 0 saturated heterocycles. The van der Waals surface area contributed by atoms with Crippen molar-refractivity contribution in [3.8, 4) is 0 Å². The van der Waals surface area contributed by atoms with Gasteiger partial charge in [-0.3, -0.25) is 9.78 Å². The number of nitrogens with one attached hydrogen (secondary N) is 1. The Hall–Kier alpha value is -0.900. The van der Waals surface area contributed by atoms with E-state index < -0.39 is 0 Å². The molecule has 1 aliphatic carbocycles. The van der Waals surface area contributed by atoms with E-state index in [0.29, 0.717) is 17.5 Å². The lowest BCUT2D eigenvalue weighted by Gasteiger charge is -2.29. The number of hydrogen-bond acceptors (Lipinski definition) is 2. The van der Waals surface area contributed by atoms with Gasteiger partial charge in [-0.1, -0.05) is 19.8 Å². The minimum atomic E-state index is -0.0162. The number of nitrogens with zero attached hydrogens (tertiary/aromatic N) is 1. The highest BCUT2D eigenvalue weighted by Crippen LogP contribution is 2.24. The van der Waals surface area contributed by atoms with Crippen molar-refractivity contribution in [3.05, 3.63) is 28.5 Å². The number of carbonyl (C=O) groups excluding carboxylic acids is 1. The average Bonchev–Trinajstić information content (AvgIpc) is 2.32. The van der Waals surface area contributed by atoms with Crippen LogP contribution in [0, 0.1) is 5.92 Å². The van der Waals surface area contributed by atoms with Gasteiger partial charge in [0.05, 0.1) is 5.56 Å². The zero-order valence-electron chi connectivity index (χ0n) is 9.95. The lowest BCUT2D eigenvalue weighted by Crippen LogP contribution is -2.41. The quantitative estimate of drug-likeness (QED) is 0.911. The first kappa shape index (κ1) is 12.6. The van der Waals surface area contributed by atoms with Gasteiger partial charge in [-0.2, -0.15) is 0 Å². The van der Waals surface area contributed by atoms with Gasteiger partial charge in [-0.05, 0) is 40.8 Å². The molecule has 1 aromatic heterocycles. The molecule has 1 aliphatic rings. The predicted molar refractivity (Wildman–Crippen MR) is 70.8 cm³/mol. The standard InChI is InChI=1S/C13H17BrN2O/c1-9-4-2-3-5-12(9)16-13(17)10-6-11(14)8-15-7-10/h6-9,12H,2-5H2,1H3,(H,16,17)/t9-,12+/m1/s1. The fraction of sp³-hybridized carbons (Fsp3) is 0.538. The molecule has 1 amide bonds. The van der Waals surface area contributed by atoms with Crippen molar-refractivity contribution in [3.63, 3.8) is 0 Å². The van der Waals surface area contributed by atoms with Crippen LogP contribution in [0.2, 0.25) is 0 Å². The van der Waals surface area contributed by atoms with Gasteiger partial charge >= 0.3 is 0 Å². The van der Waals surface area contributed by atoms with E-state index in [4.69, 9.17) is 0 Å². The third-order valence-corrected chi connectivity index (χ3v) is 3.83. The topological polar surface area (TPSA) is 42.0 Å². The van der Waals surface area contributed by atoms with Gasteiger partial charge in [-0.25, -0.2) is 0 Å². The molecule has 1 aromatic rings. The van der Waals surface area contributed by atoms with Crippen LogP contribution in [0.15, 0.2) is 22.9 Å². The first-order chi connectivity index (χ1) is 8.16. The molecular weight excluding hydrogens is 280 g/mol. The summed E-state index contributed by atoms with van der Waals surface area (Å²) in [7, 11) is 0. The van der Waals surface area contributed by atoms with E-state index >= 15 is 0 Å². The molecule has 2 atom stereocenters. The van der Waals surface area contributed by atoms with Gasteiger partial charge < -0.3 is 5.32 Å². The van der Waals surface area contributed by atoms with Crippen molar-refractivity contribution >= 4 is 21.8 Å². The zero-order valence-corrected chi connectivity index (χ0v) is 11.5. The number of amides is 1. The van der Waals surface area contributed by atoms with E-state index in [1.54, 1.807) is 18.5 Å². The second-order valence-corrected chi connectivity index (χ2v) is 5.65. The molecule has 1 fully saturated rings. The second-order valence-electron chi connectivity index (χ2n) is 4.73. The van der Waals surface area contributed by atoms with Crippen molar-refractivity contribution in [2.75, 3.05) is 0 Å². The fourth-order valence-electron chi connectivity index (χ4n) is 2.32. The average molecular weight is 297 g/mol. The van der Waals surface area contributed by atoms with E-state index in [1.165, 1.54) is 19.3 Å². The molecule has 4 heteroatoms. The van der Waals surface area contributed by atoms with Crippen molar-refractivity contribution < 1.29 is 4.79 Å². The van der Waals surface area contributed by atoms with E-state index in [1.807, 2.05) is 0 Å². The number of halogens is 1. The number of rotatable bonds is 2. The van der Waals surface area contributed by atoms with Gasteiger partial charge in [0.1, 0.15) is 0 Å². The summed E-state index contributed by atoms with van der Waals surface area (Å²) in [5.41, 5.74) is 0.622. The Balaban J connectivity index is 2.01. The summed E-state index contributed by atoms with van der Waals surface area (Å²) in [6.07, 6.45) is 8.08. The Morgan fingerprint density at radius 3 is 2.88 bits per heavy atom. The maximum atomic E-state index is 12.0. The number of pyridine rings is 1. The first-order valence-corrected chi connectivity index (χ1v) is 6.87. The van der Waals surface area contributed by atoms with Crippen LogP contribution in [0.4, 0.5) is 0 Å². The maximum Gasteiger partial charge on any atom is 0.253 e. The van der Waals surface area contributed by atoms with E-state index in [0.717, 1.165) is 10.9 Å². The lowest BCUT2D eigenvalue weighted by atomic mass is 9.86. The molecule has 3 nitrogen and oxygen atoms in total. The SMILES string of the molecule is C[C@@H]1CCCC[C@@H]1NC(=O)c1cncc(Br)c1. The Kier molecular flexibility index (Phi) is 4.15. The van der Waals surface area contributed by atoms with Gasteiger partial charge in [0.25, 0.3) is 5.91 Å². The molecule has 0 spiro atoms. The van der Waals surface area contributed by atoms with Crippen molar-refractivity contribution in [2.45, 2.75) is 38.6 Å². The Morgan fingerprint density at radius 2 is 2.18 bits per heavy atom. The summed E-state index contributed by atoms with van der Waals surface area (Å²) in [6.45, 7) is 2.21. The minimum Gasteiger partial charge on any atom is -0.349 e. The third-order valence-electron chi connectivity index (χ3n) is 3.40. The van der Waals surface area contributed by atoms with Crippen molar-refractivity contribution in [1.29, 1.82) is 0 Å². The summed E-state index contributed by atoms with van der Waals surface area (Å²) >= 11 is 3.33. The number of aromatic nitrogens is 1. The van der Waals surface area contributed by atoms with Crippen LogP contribution in [0.1, 0.15) is 43.0 Å². The normalized spacial score (nSPS) is 24.4. The van der Waals surface area contributed by atoms with Crippen molar-refractivity contribution in [1.82, 2.24) is 10.3 Å². The van der Waals surface area contributed by atoms with E-state index in [9.17, 15) is 4.79 Å². The van der Waals surface area contributed by atoms with Gasteiger partial charge in [-0.15, -0.1) is 0 Å². The Morgan fingerprint density at radius 1 is 1.41 bits per heavy atom. The third kappa shape index (κ3) is 3.28.